The minimum atomic E-state index is -0.500. The van der Waals surface area contributed by atoms with Crippen LogP contribution in [-0.4, -0.2) is 40.4 Å². The average Bonchev–Trinajstić information content (AvgIpc) is 2.92. The Labute approximate surface area is 217 Å². The van der Waals surface area contributed by atoms with E-state index < -0.39 is 16.9 Å². The molecule has 0 aliphatic carbocycles. The first-order valence-electron chi connectivity index (χ1n) is 11.9. The molecule has 0 aliphatic heterocycles. The van der Waals surface area contributed by atoms with Crippen LogP contribution in [-0.2, 0) is 19.1 Å². The molecule has 0 spiro atoms. The molecular weight excluding hydrogens is 494 g/mol. The lowest BCUT2D eigenvalue weighted by atomic mass is 10.1. The normalized spacial score (nSPS) is 10.8. The Morgan fingerprint density at radius 3 is 1.89 bits per heavy atom. The van der Waals surface area contributed by atoms with Crippen molar-refractivity contribution in [2.45, 2.75) is 32.6 Å². The highest BCUT2D eigenvalue weighted by atomic mass is 16.7. The topological polar surface area (TPSA) is 140 Å². The van der Waals surface area contributed by atoms with Crippen LogP contribution in [0.5, 0.6) is 11.5 Å². The second kappa shape index (κ2) is 12.4. The summed E-state index contributed by atoms with van der Waals surface area (Å²) in [6.45, 7) is 1.37. The number of esters is 2. The summed E-state index contributed by atoms with van der Waals surface area (Å²) in [5.74, 6) is -0.150. The van der Waals surface area contributed by atoms with Gasteiger partial charge < -0.3 is 18.9 Å². The Kier molecular flexibility index (Phi) is 8.60. The molecule has 196 valence electrons. The van der Waals surface area contributed by atoms with E-state index in [4.69, 9.17) is 18.9 Å². The number of hydrogen-bond donors (Lipinski definition) is 0. The third kappa shape index (κ3) is 6.49. The van der Waals surface area contributed by atoms with Gasteiger partial charge in [-0.25, -0.2) is 0 Å². The molecule has 0 unspecified atom stereocenters. The molecule has 0 atom stereocenters. The Hall–Kier alpha value is -4.80. The van der Waals surface area contributed by atoms with Gasteiger partial charge in [-0.3, -0.25) is 29.7 Å². The Morgan fingerprint density at radius 2 is 1.32 bits per heavy atom. The van der Waals surface area contributed by atoms with Gasteiger partial charge >= 0.3 is 11.9 Å². The number of nitrogens with zero attached hydrogens (tertiary/aromatic N) is 3. The summed E-state index contributed by atoms with van der Waals surface area (Å²) in [6, 6.07) is 13.4. The lowest BCUT2D eigenvalue weighted by Gasteiger charge is -2.11. The van der Waals surface area contributed by atoms with E-state index in [9.17, 15) is 19.7 Å². The smallest absolute Gasteiger partial charge is 0.308 e. The van der Waals surface area contributed by atoms with Crippen LogP contribution in [0.2, 0.25) is 0 Å². The quantitative estimate of drug-likeness (QED) is 0.0824. The lowest BCUT2D eigenvalue weighted by Crippen LogP contribution is -2.12. The molecule has 0 fully saturated rings. The standard InChI is InChI=1S/C27H25N3O8/c1-18-10-12-22(26-19(18)6-4-14-28-26)35-16-37-24(31)8-2-3-9-25(32)38-17-36-23-13-11-21(30(33)34)20-7-5-15-29-27(20)23/h4-7,10-15H,2-3,8-9,16-17H2,1H3. The number of rotatable bonds is 12. The Balaban J connectivity index is 1.13. The lowest BCUT2D eigenvalue weighted by molar-refractivity contribution is -0.383. The maximum Gasteiger partial charge on any atom is 0.308 e. The maximum atomic E-state index is 12.0. The molecule has 0 N–H and O–H groups in total. The van der Waals surface area contributed by atoms with E-state index >= 15 is 0 Å². The van der Waals surface area contributed by atoms with Crippen molar-refractivity contribution >= 4 is 39.4 Å². The number of benzene rings is 2. The van der Waals surface area contributed by atoms with E-state index in [1.165, 1.54) is 18.3 Å². The highest BCUT2D eigenvalue weighted by molar-refractivity contribution is 5.92. The average molecular weight is 520 g/mol. The molecule has 2 aromatic heterocycles. The van der Waals surface area contributed by atoms with Gasteiger partial charge in [0.1, 0.15) is 22.5 Å². The van der Waals surface area contributed by atoms with Crippen molar-refractivity contribution in [3.63, 3.8) is 0 Å². The van der Waals surface area contributed by atoms with Crippen LogP contribution in [0.1, 0.15) is 31.2 Å². The summed E-state index contributed by atoms with van der Waals surface area (Å²) in [6.07, 6.45) is 4.23. The van der Waals surface area contributed by atoms with E-state index in [1.54, 1.807) is 24.4 Å². The molecule has 11 heteroatoms. The second-order valence-corrected chi connectivity index (χ2v) is 8.28. The van der Waals surface area contributed by atoms with Gasteiger partial charge in [0, 0.05) is 36.7 Å². The van der Waals surface area contributed by atoms with Gasteiger partial charge in [-0.05, 0) is 55.7 Å². The van der Waals surface area contributed by atoms with Crippen LogP contribution in [0.25, 0.3) is 21.8 Å². The summed E-state index contributed by atoms with van der Waals surface area (Å²) >= 11 is 0. The van der Waals surface area contributed by atoms with E-state index in [2.05, 4.69) is 9.97 Å². The summed E-state index contributed by atoms with van der Waals surface area (Å²) in [5.41, 5.74) is 1.97. The second-order valence-electron chi connectivity index (χ2n) is 8.28. The van der Waals surface area contributed by atoms with Gasteiger partial charge in [0.25, 0.3) is 5.69 Å². The van der Waals surface area contributed by atoms with Crippen molar-refractivity contribution < 1.29 is 33.5 Å². The number of pyridine rings is 2. The number of carbonyl (C=O) groups excluding carboxylic acids is 2. The third-order valence-electron chi connectivity index (χ3n) is 5.74. The molecule has 11 nitrogen and oxygen atoms in total. The number of aryl methyl sites for hydroxylation is 1. The molecule has 0 saturated carbocycles. The molecule has 4 aromatic rings. The van der Waals surface area contributed by atoms with Crippen LogP contribution < -0.4 is 9.47 Å². The fourth-order valence-electron chi connectivity index (χ4n) is 3.81. The Morgan fingerprint density at radius 1 is 0.789 bits per heavy atom. The molecule has 38 heavy (non-hydrogen) atoms. The van der Waals surface area contributed by atoms with Gasteiger partial charge in [-0.1, -0.05) is 12.1 Å². The SMILES string of the molecule is Cc1ccc(OCOC(=O)CCCCC(=O)OCOc2ccc([N+](=O)[O-])c3cccnc23)c2ncccc12. The number of aromatic nitrogens is 2. The minimum Gasteiger partial charge on any atom is -0.455 e. The predicted octanol–water partition coefficient (Wildman–Crippen LogP) is 5.02. The molecule has 0 amide bonds. The highest BCUT2D eigenvalue weighted by Crippen LogP contribution is 2.31. The summed E-state index contributed by atoms with van der Waals surface area (Å²) in [7, 11) is 0. The van der Waals surface area contributed by atoms with Crippen molar-refractivity contribution in [3.8, 4) is 11.5 Å². The first kappa shape index (κ1) is 26.3. The van der Waals surface area contributed by atoms with Crippen molar-refractivity contribution in [2.24, 2.45) is 0 Å². The van der Waals surface area contributed by atoms with Crippen molar-refractivity contribution in [1.29, 1.82) is 0 Å². The van der Waals surface area contributed by atoms with Gasteiger partial charge in [0.2, 0.25) is 13.6 Å². The van der Waals surface area contributed by atoms with E-state index in [0.29, 0.717) is 35.0 Å². The number of non-ortho nitro benzene ring substituents is 1. The molecule has 0 bridgehead atoms. The number of fused-ring (bicyclic) bond motifs is 2. The predicted molar refractivity (Wildman–Crippen MR) is 137 cm³/mol. The van der Waals surface area contributed by atoms with Gasteiger partial charge in [-0.15, -0.1) is 0 Å². The number of nitro benzene ring substituents is 1. The first-order valence-corrected chi connectivity index (χ1v) is 11.9. The first-order chi connectivity index (χ1) is 18.4. The Bertz CT molecular complexity index is 1470. The molecule has 2 heterocycles. The third-order valence-corrected chi connectivity index (χ3v) is 5.74. The molecule has 0 aliphatic rings. The molecule has 4 rings (SSSR count). The summed E-state index contributed by atoms with van der Waals surface area (Å²) < 4.78 is 21.2. The van der Waals surface area contributed by atoms with Crippen molar-refractivity contribution in [1.82, 2.24) is 9.97 Å². The van der Waals surface area contributed by atoms with Crippen LogP contribution in [0.3, 0.4) is 0 Å². The van der Waals surface area contributed by atoms with Crippen molar-refractivity contribution in [3.05, 3.63) is 76.6 Å². The highest BCUT2D eigenvalue weighted by Gasteiger charge is 2.16. The van der Waals surface area contributed by atoms with Crippen LogP contribution in [0.4, 0.5) is 5.69 Å². The molecule has 2 aromatic carbocycles. The fraction of sp³-hybridized carbons (Fsp3) is 0.259. The number of carbonyl (C=O) groups is 2. The zero-order chi connectivity index (χ0) is 26.9. The minimum absolute atomic E-state index is 0.0907. The van der Waals surface area contributed by atoms with Crippen LogP contribution >= 0.6 is 0 Å². The van der Waals surface area contributed by atoms with E-state index in [-0.39, 0.29) is 37.9 Å². The monoisotopic (exact) mass is 519 g/mol. The van der Waals surface area contributed by atoms with E-state index in [0.717, 1.165) is 10.9 Å². The number of nitro groups is 1. The fourth-order valence-corrected chi connectivity index (χ4v) is 3.81. The zero-order valence-corrected chi connectivity index (χ0v) is 20.6. The zero-order valence-electron chi connectivity index (χ0n) is 20.6. The van der Waals surface area contributed by atoms with Gasteiger partial charge in [-0.2, -0.15) is 0 Å². The van der Waals surface area contributed by atoms with Crippen LogP contribution in [0.15, 0.2) is 60.9 Å². The van der Waals surface area contributed by atoms with Crippen LogP contribution in [0, 0.1) is 17.0 Å². The van der Waals surface area contributed by atoms with Gasteiger partial charge in [0.15, 0.2) is 0 Å². The summed E-state index contributed by atoms with van der Waals surface area (Å²) in [4.78, 5) is 43.1. The van der Waals surface area contributed by atoms with Gasteiger partial charge in [0.05, 0.1) is 10.3 Å². The maximum absolute atomic E-state index is 12.0. The van der Waals surface area contributed by atoms with Crippen molar-refractivity contribution in [2.75, 3.05) is 13.6 Å². The number of unbranched alkanes of at least 4 members (excludes halogenated alkanes) is 1. The summed E-state index contributed by atoms with van der Waals surface area (Å²) in [5, 5.41) is 12.5. The molecule has 0 saturated heterocycles. The molecule has 0 radical (unpaired) electrons. The van der Waals surface area contributed by atoms with E-state index in [1.807, 2.05) is 25.1 Å². The number of ether oxygens (including phenoxy) is 4. The molecular formula is C27H25N3O8. The number of hydrogen-bond acceptors (Lipinski definition) is 10. The largest absolute Gasteiger partial charge is 0.455 e.